The van der Waals surface area contributed by atoms with E-state index in [1.165, 1.54) is 0 Å². The zero-order valence-corrected chi connectivity index (χ0v) is 13.1. The van der Waals surface area contributed by atoms with Crippen molar-refractivity contribution in [2.45, 2.75) is 19.3 Å². The molecule has 0 unspecified atom stereocenters. The molecule has 0 bridgehead atoms. The maximum absolute atomic E-state index is 10.2. The molecule has 0 fully saturated rings. The second-order valence-electron chi connectivity index (χ2n) is 4.54. The summed E-state index contributed by atoms with van der Waals surface area (Å²) < 4.78 is 16.0. The summed E-state index contributed by atoms with van der Waals surface area (Å²) in [5, 5.41) is 0. The van der Waals surface area contributed by atoms with Crippen LogP contribution in [0.15, 0.2) is 0 Å². The Morgan fingerprint density at radius 3 is 1.14 bits per heavy atom. The first-order valence-electron chi connectivity index (χ1n) is 7.61. The number of hydrogen-bond acceptors (Lipinski definition) is 7. The van der Waals surface area contributed by atoms with Crippen LogP contribution in [0.1, 0.15) is 19.3 Å². The highest BCUT2D eigenvalue weighted by Gasteiger charge is 2.05. The highest BCUT2D eigenvalue weighted by molar-refractivity contribution is 5.49. The minimum atomic E-state index is 0.406. The predicted octanol–water partition coefficient (Wildman–Crippen LogP) is 0.105. The fourth-order valence-corrected chi connectivity index (χ4v) is 1.62. The molecule has 0 amide bonds. The minimum absolute atomic E-state index is 0.406. The fraction of sp³-hybridized carbons (Fsp3) is 0.800. The van der Waals surface area contributed by atoms with E-state index < -0.39 is 0 Å². The standard InChI is InChI=1S/C15H27NO6/c17-7-1-10-20-13-4-16(5-14-21-11-2-8-18)6-15-22-12-3-9-19/h7-9H,1-6,10-15H2. The van der Waals surface area contributed by atoms with E-state index in [-0.39, 0.29) is 0 Å². The van der Waals surface area contributed by atoms with Gasteiger partial charge in [0.05, 0.1) is 39.6 Å². The molecular formula is C15H27NO6. The van der Waals surface area contributed by atoms with Crippen LogP contribution in [-0.2, 0) is 28.6 Å². The average molecular weight is 317 g/mol. The van der Waals surface area contributed by atoms with Gasteiger partial charge in [-0.25, -0.2) is 0 Å². The van der Waals surface area contributed by atoms with Crippen molar-refractivity contribution in [3.05, 3.63) is 0 Å². The molecular weight excluding hydrogens is 290 g/mol. The van der Waals surface area contributed by atoms with Gasteiger partial charge in [-0.1, -0.05) is 0 Å². The fourth-order valence-electron chi connectivity index (χ4n) is 1.62. The molecule has 0 rings (SSSR count). The largest absolute Gasteiger partial charge is 0.380 e. The number of nitrogens with zero attached hydrogens (tertiary/aromatic N) is 1. The highest BCUT2D eigenvalue weighted by Crippen LogP contribution is 1.92. The molecule has 22 heavy (non-hydrogen) atoms. The molecule has 0 aromatic carbocycles. The molecule has 0 aromatic rings. The van der Waals surface area contributed by atoms with E-state index in [9.17, 15) is 14.4 Å². The van der Waals surface area contributed by atoms with E-state index in [0.717, 1.165) is 18.9 Å². The lowest BCUT2D eigenvalue weighted by atomic mass is 10.4. The van der Waals surface area contributed by atoms with Gasteiger partial charge >= 0.3 is 0 Å². The Balaban J connectivity index is 3.78. The summed E-state index contributed by atoms with van der Waals surface area (Å²) in [6.45, 7) is 5.06. The lowest BCUT2D eigenvalue weighted by Gasteiger charge is -2.22. The van der Waals surface area contributed by atoms with Crippen LogP contribution in [0.25, 0.3) is 0 Å². The van der Waals surface area contributed by atoms with E-state index in [4.69, 9.17) is 14.2 Å². The molecule has 0 heterocycles. The third kappa shape index (κ3) is 15.2. The number of rotatable bonds is 18. The zero-order chi connectivity index (χ0) is 16.3. The normalized spacial score (nSPS) is 10.8. The van der Waals surface area contributed by atoms with Crippen molar-refractivity contribution in [1.82, 2.24) is 4.90 Å². The van der Waals surface area contributed by atoms with E-state index >= 15 is 0 Å². The number of hydrogen-bond donors (Lipinski definition) is 0. The van der Waals surface area contributed by atoms with Gasteiger partial charge in [0.15, 0.2) is 0 Å². The van der Waals surface area contributed by atoms with Crippen LogP contribution in [0.3, 0.4) is 0 Å². The summed E-state index contributed by atoms with van der Waals surface area (Å²) >= 11 is 0. The first-order chi connectivity index (χ1) is 10.8. The first-order valence-corrected chi connectivity index (χ1v) is 7.61. The third-order valence-corrected chi connectivity index (χ3v) is 2.80. The first kappa shape index (κ1) is 20.9. The van der Waals surface area contributed by atoms with Crippen LogP contribution in [0.5, 0.6) is 0 Å². The van der Waals surface area contributed by atoms with Crippen molar-refractivity contribution in [1.29, 1.82) is 0 Å². The minimum Gasteiger partial charge on any atom is -0.380 e. The lowest BCUT2D eigenvalue weighted by Crippen LogP contribution is -2.34. The Morgan fingerprint density at radius 1 is 0.545 bits per heavy atom. The number of aldehydes is 3. The van der Waals surface area contributed by atoms with Gasteiger partial charge in [0.25, 0.3) is 0 Å². The quantitative estimate of drug-likeness (QED) is 0.262. The number of carbonyl (C=O) groups excluding carboxylic acids is 3. The van der Waals surface area contributed by atoms with Crippen molar-refractivity contribution in [2.75, 3.05) is 59.3 Å². The lowest BCUT2D eigenvalue weighted by molar-refractivity contribution is -0.109. The van der Waals surface area contributed by atoms with Gasteiger partial charge in [0.1, 0.15) is 18.9 Å². The van der Waals surface area contributed by atoms with Crippen molar-refractivity contribution in [3.63, 3.8) is 0 Å². The molecule has 0 aromatic heterocycles. The van der Waals surface area contributed by atoms with Gasteiger partial charge in [-0.3, -0.25) is 4.90 Å². The van der Waals surface area contributed by atoms with Gasteiger partial charge in [0, 0.05) is 38.9 Å². The zero-order valence-electron chi connectivity index (χ0n) is 13.1. The van der Waals surface area contributed by atoms with Crippen LogP contribution in [0, 0.1) is 0 Å². The van der Waals surface area contributed by atoms with E-state index in [2.05, 4.69) is 4.90 Å². The van der Waals surface area contributed by atoms with Gasteiger partial charge in [-0.05, 0) is 0 Å². The summed E-state index contributed by atoms with van der Waals surface area (Å²) in [5.74, 6) is 0. The third-order valence-electron chi connectivity index (χ3n) is 2.80. The monoisotopic (exact) mass is 317 g/mol. The van der Waals surface area contributed by atoms with Crippen LogP contribution >= 0.6 is 0 Å². The summed E-state index contributed by atoms with van der Waals surface area (Å²) in [6, 6.07) is 0. The van der Waals surface area contributed by atoms with Crippen LogP contribution < -0.4 is 0 Å². The van der Waals surface area contributed by atoms with Crippen LogP contribution in [0.2, 0.25) is 0 Å². The molecule has 7 heteroatoms. The molecule has 0 spiro atoms. The van der Waals surface area contributed by atoms with Crippen molar-refractivity contribution in [2.24, 2.45) is 0 Å². The Hall–Kier alpha value is -1.15. The van der Waals surface area contributed by atoms with Gasteiger partial charge in [-0.2, -0.15) is 0 Å². The van der Waals surface area contributed by atoms with E-state index in [1.54, 1.807) is 0 Å². The number of carbonyl (C=O) groups is 3. The average Bonchev–Trinajstić information content (AvgIpc) is 2.53. The molecule has 0 saturated heterocycles. The van der Waals surface area contributed by atoms with Gasteiger partial charge < -0.3 is 28.6 Å². The molecule has 0 atom stereocenters. The van der Waals surface area contributed by atoms with Crippen LogP contribution in [0.4, 0.5) is 0 Å². The Morgan fingerprint density at radius 2 is 0.864 bits per heavy atom. The molecule has 7 nitrogen and oxygen atoms in total. The Labute approximate surface area is 131 Å². The summed E-state index contributed by atoms with van der Waals surface area (Å²) in [4.78, 5) is 32.7. The summed E-state index contributed by atoms with van der Waals surface area (Å²) in [5.41, 5.74) is 0. The Kier molecular flexibility index (Phi) is 17.0. The topological polar surface area (TPSA) is 82.1 Å². The van der Waals surface area contributed by atoms with Crippen molar-refractivity contribution >= 4 is 18.9 Å². The summed E-state index contributed by atoms with van der Waals surface area (Å²) in [6.07, 6.45) is 3.72. The smallest absolute Gasteiger partial charge is 0.122 e. The highest BCUT2D eigenvalue weighted by atomic mass is 16.5. The molecule has 0 N–H and O–H groups in total. The number of ether oxygens (including phenoxy) is 3. The van der Waals surface area contributed by atoms with Crippen molar-refractivity contribution < 1.29 is 28.6 Å². The molecule has 0 aliphatic carbocycles. The van der Waals surface area contributed by atoms with E-state index in [0.29, 0.717) is 78.5 Å². The predicted molar refractivity (Wildman–Crippen MR) is 80.9 cm³/mol. The van der Waals surface area contributed by atoms with E-state index in [1.807, 2.05) is 0 Å². The SMILES string of the molecule is O=CCCOCCN(CCOCCC=O)CCOCCC=O. The van der Waals surface area contributed by atoms with Gasteiger partial charge in [0.2, 0.25) is 0 Å². The second-order valence-corrected chi connectivity index (χ2v) is 4.54. The molecule has 0 radical (unpaired) electrons. The second kappa shape index (κ2) is 17.9. The molecule has 128 valence electrons. The van der Waals surface area contributed by atoms with Gasteiger partial charge in [-0.15, -0.1) is 0 Å². The molecule has 0 aliphatic rings. The van der Waals surface area contributed by atoms with Crippen molar-refractivity contribution in [3.8, 4) is 0 Å². The Bertz CT molecular complexity index is 232. The molecule has 0 saturated carbocycles. The summed E-state index contributed by atoms with van der Waals surface area (Å²) in [7, 11) is 0. The van der Waals surface area contributed by atoms with Crippen LogP contribution in [-0.4, -0.2) is 83.0 Å². The maximum Gasteiger partial charge on any atom is 0.122 e. The maximum atomic E-state index is 10.2. The molecule has 0 aliphatic heterocycles.